The van der Waals surface area contributed by atoms with Crippen LogP contribution < -0.4 is 5.32 Å². The molecule has 1 atom stereocenters. The maximum absolute atomic E-state index is 9.32. The molecular formula is C22H19N5O. The lowest BCUT2D eigenvalue weighted by atomic mass is 9.85. The summed E-state index contributed by atoms with van der Waals surface area (Å²) in [4.78, 5) is 3.99. The van der Waals surface area contributed by atoms with Gasteiger partial charge in [-0.05, 0) is 67.1 Å². The normalized spacial score (nSPS) is 15.9. The molecule has 2 aromatic heterocycles. The summed E-state index contributed by atoms with van der Waals surface area (Å²) in [6.45, 7) is 2.01. The molecule has 0 amide bonds. The number of hydrogen-bond donors (Lipinski definition) is 2. The first kappa shape index (κ1) is 16.6. The van der Waals surface area contributed by atoms with Gasteiger partial charge in [-0.15, -0.1) is 0 Å². The molecule has 4 aromatic rings. The SMILES string of the molecule is Cc1cc2c(cc1C#N)CCC[C@H]2Nc1ccc2[nH]nc(-c3cnco3)c2c1. The Morgan fingerprint density at radius 1 is 1.29 bits per heavy atom. The maximum atomic E-state index is 9.32. The second-order valence-electron chi connectivity index (χ2n) is 7.27. The number of nitrogens with one attached hydrogen (secondary N) is 2. The second kappa shape index (κ2) is 6.54. The van der Waals surface area contributed by atoms with Gasteiger partial charge in [-0.25, -0.2) is 4.98 Å². The average Bonchev–Trinajstić information content (AvgIpc) is 3.37. The maximum Gasteiger partial charge on any atom is 0.181 e. The zero-order valence-corrected chi connectivity index (χ0v) is 15.5. The average molecular weight is 369 g/mol. The second-order valence-corrected chi connectivity index (χ2v) is 7.27. The zero-order chi connectivity index (χ0) is 19.1. The van der Waals surface area contributed by atoms with E-state index in [0.717, 1.165) is 52.7 Å². The van der Waals surface area contributed by atoms with E-state index < -0.39 is 0 Å². The van der Waals surface area contributed by atoms with E-state index in [-0.39, 0.29) is 6.04 Å². The summed E-state index contributed by atoms with van der Waals surface area (Å²) >= 11 is 0. The van der Waals surface area contributed by atoms with Gasteiger partial charge >= 0.3 is 0 Å². The number of aromatic nitrogens is 3. The topological polar surface area (TPSA) is 90.5 Å². The van der Waals surface area contributed by atoms with E-state index >= 15 is 0 Å². The minimum absolute atomic E-state index is 0.230. The molecule has 28 heavy (non-hydrogen) atoms. The molecule has 2 N–H and O–H groups in total. The summed E-state index contributed by atoms with van der Waals surface area (Å²) < 4.78 is 5.42. The van der Waals surface area contributed by atoms with Crippen molar-refractivity contribution in [1.29, 1.82) is 5.26 Å². The van der Waals surface area contributed by atoms with Crippen LogP contribution in [0, 0.1) is 18.3 Å². The number of anilines is 1. The smallest absolute Gasteiger partial charge is 0.181 e. The van der Waals surface area contributed by atoms with Crippen LogP contribution in [0.5, 0.6) is 0 Å². The van der Waals surface area contributed by atoms with Gasteiger partial charge in [0.25, 0.3) is 0 Å². The quantitative estimate of drug-likeness (QED) is 0.537. The molecule has 2 aromatic carbocycles. The number of aromatic amines is 1. The molecule has 0 saturated heterocycles. The van der Waals surface area contributed by atoms with Crippen molar-refractivity contribution in [2.75, 3.05) is 5.32 Å². The minimum Gasteiger partial charge on any atom is -0.442 e. The van der Waals surface area contributed by atoms with Crippen molar-refractivity contribution in [3.8, 4) is 17.5 Å². The fourth-order valence-corrected chi connectivity index (χ4v) is 4.06. The van der Waals surface area contributed by atoms with Crippen LogP contribution in [-0.2, 0) is 6.42 Å². The number of nitriles is 1. The lowest BCUT2D eigenvalue weighted by Gasteiger charge is -2.28. The molecule has 0 saturated carbocycles. The van der Waals surface area contributed by atoms with E-state index in [4.69, 9.17) is 4.42 Å². The molecule has 2 heterocycles. The molecule has 0 unspecified atom stereocenters. The van der Waals surface area contributed by atoms with Crippen molar-refractivity contribution in [2.24, 2.45) is 0 Å². The van der Waals surface area contributed by atoms with Gasteiger partial charge in [-0.1, -0.05) is 6.07 Å². The van der Waals surface area contributed by atoms with Gasteiger partial charge in [-0.3, -0.25) is 5.10 Å². The fraction of sp³-hybridized carbons (Fsp3) is 0.227. The van der Waals surface area contributed by atoms with Gasteiger partial charge in [0.05, 0.1) is 29.4 Å². The van der Waals surface area contributed by atoms with E-state index in [9.17, 15) is 5.26 Å². The van der Waals surface area contributed by atoms with Crippen LogP contribution in [0.4, 0.5) is 5.69 Å². The van der Waals surface area contributed by atoms with E-state index in [2.05, 4.69) is 50.8 Å². The highest BCUT2D eigenvalue weighted by molar-refractivity contribution is 5.93. The molecule has 6 heteroatoms. The van der Waals surface area contributed by atoms with E-state index in [0.29, 0.717) is 5.76 Å². The van der Waals surface area contributed by atoms with Gasteiger partial charge in [0.15, 0.2) is 12.2 Å². The molecule has 6 nitrogen and oxygen atoms in total. The fourth-order valence-electron chi connectivity index (χ4n) is 4.06. The Labute approximate surface area is 162 Å². The molecule has 0 bridgehead atoms. The summed E-state index contributed by atoms with van der Waals surface area (Å²) in [6, 6.07) is 12.9. The number of rotatable bonds is 3. The largest absolute Gasteiger partial charge is 0.442 e. The van der Waals surface area contributed by atoms with Crippen molar-refractivity contribution in [2.45, 2.75) is 32.2 Å². The van der Waals surface area contributed by atoms with Gasteiger partial charge in [0.1, 0.15) is 5.69 Å². The molecule has 0 fully saturated rings. The summed E-state index contributed by atoms with van der Waals surface area (Å²) in [5.41, 5.74) is 7.13. The molecule has 1 aliphatic carbocycles. The third-order valence-electron chi connectivity index (χ3n) is 5.49. The monoisotopic (exact) mass is 369 g/mol. The van der Waals surface area contributed by atoms with Crippen molar-refractivity contribution >= 4 is 16.6 Å². The van der Waals surface area contributed by atoms with Crippen molar-refractivity contribution in [1.82, 2.24) is 15.2 Å². The van der Waals surface area contributed by atoms with Crippen molar-refractivity contribution in [3.63, 3.8) is 0 Å². The first-order valence-corrected chi connectivity index (χ1v) is 9.40. The van der Waals surface area contributed by atoms with Gasteiger partial charge in [0.2, 0.25) is 0 Å². The summed E-state index contributed by atoms with van der Waals surface area (Å²) in [5, 5.41) is 21.4. The Morgan fingerprint density at radius 3 is 3.04 bits per heavy atom. The lowest BCUT2D eigenvalue weighted by molar-refractivity contribution is 0.570. The summed E-state index contributed by atoms with van der Waals surface area (Å²) in [5.74, 6) is 0.645. The van der Waals surface area contributed by atoms with Crippen LogP contribution in [-0.4, -0.2) is 15.2 Å². The Bertz CT molecular complexity index is 1200. The highest BCUT2D eigenvalue weighted by Gasteiger charge is 2.22. The Morgan fingerprint density at radius 2 is 2.21 bits per heavy atom. The van der Waals surface area contributed by atoms with Crippen LogP contribution in [0.15, 0.2) is 47.3 Å². The predicted molar refractivity (Wildman–Crippen MR) is 107 cm³/mol. The Balaban J connectivity index is 1.51. The molecule has 5 rings (SSSR count). The molecular weight excluding hydrogens is 350 g/mol. The number of aryl methyl sites for hydroxylation is 2. The van der Waals surface area contributed by atoms with Gasteiger partial charge in [-0.2, -0.15) is 10.4 Å². The van der Waals surface area contributed by atoms with Crippen LogP contribution in [0.25, 0.3) is 22.4 Å². The van der Waals surface area contributed by atoms with Crippen LogP contribution in [0.1, 0.15) is 41.1 Å². The number of benzene rings is 2. The number of oxazole rings is 1. The number of H-pyrrole nitrogens is 1. The minimum atomic E-state index is 0.230. The highest BCUT2D eigenvalue weighted by atomic mass is 16.3. The Kier molecular flexibility index (Phi) is 3.87. The van der Waals surface area contributed by atoms with Crippen LogP contribution in [0.3, 0.4) is 0 Å². The summed E-state index contributed by atoms with van der Waals surface area (Å²) in [7, 11) is 0. The van der Waals surface area contributed by atoms with Crippen LogP contribution >= 0.6 is 0 Å². The van der Waals surface area contributed by atoms with E-state index in [1.54, 1.807) is 6.20 Å². The highest BCUT2D eigenvalue weighted by Crippen LogP contribution is 2.35. The number of nitrogens with zero attached hydrogens (tertiary/aromatic N) is 3. The zero-order valence-electron chi connectivity index (χ0n) is 15.5. The first-order valence-electron chi connectivity index (χ1n) is 9.40. The third kappa shape index (κ3) is 2.72. The molecule has 0 aliphatic heterocycles. The van der Waals surface area contributed by atoms with Crippen molar-refractivity contribution in [3.05, 3.63) is 65.2 Å². The Hall–Kier alpha value is -3.59. The lowest BCUT2D eigenvalue weighted by Crippen LogP contribution is -2.18. The van der Waals surface area contributed by atoms with Crippen LogP contribution in [0.2, 0.25) is 0 Å². The number of fused-ring (bicyclic) bond motifs is 2. The number of hydrogen-bond acceptors (Lipinski definition) is 5. The van der Waals surface area contributed by atoms with Crippen molar-refractivity contribution < 1.29 is 4.42 Å². The van der Waals surface area contributed by atoms with E-state index in [1.165, 1.54) is 17.5 Å². The van der Waals surface area contributed by atoms with Gasteiger partial charge < -0.3 is 9.73 Å². The summed E-state index contributed by atoms with van der Waals surface area (Å²) in [6.07, 6.45) is 6.28. The third-order valence-corrected chi connectivity index (χ3v) is 5.49. The van der Waals surface area contributed by atoms with E-state index in [1.807, 2.05) is 13.0 Å². The standard InChI is InChI=1S/C22H19N5O/c1-13-7-17-14(8-15(13)10-23)3-2-4-19(17)25-16-5-6-20-18(9-16)22(27-26-20)21-11-24-12-28-21/h5-9,11-12,19,25H,2-4H2,1H3,(H,26,27)/t19-/m1/s1. The molecule has 138 valence electrons. The molecule has 1 aliphatic rings. The van der Waals surface area contributed by atoms with Gasteiger partial charge in [0, 0.05) is 11.1 Å². The molecule has 0 spiro atoms. The predicted octanol–water partition coefficient (Wildman–Crippen LogP) is 4.89. The first-order chi connectivity index (χ1) is 13.7. The molecule has 0 radical (unpaired) electrons.